The van der Waals surface area contributed by atoms with Crippen LogP contribution in [0.2, 0.25) is 5.02 Å². The van der Waals surface area contributed by atoms with Crippen molar-refractivity contribution in [2.24, 2.45) is 0 Å². The van der Waals surface area contributed by atoms with Gasteiger partial charge < -0.3 is 10.1 Å². The fraction of sp³-hybridized carbons (Fsp3) is 0.133. The van der Waals surface area contributed by atoms with Crippen LogP contribution in [0.5, 0.6) is 5.75 Å². The lowest BCUT2D eigenvalue weighted by Gasteiger charge is -2.15. The van der Waals surface area contributed by atoms with Crippen LogP contribution in [-0.2, 0) is 4.79 Å². The zero-order chi connectivity index (χ0) is 14.5. The summed E-state index contributed by atoms with van der Waals surface area (Å²) in [5.41, 5.74) is 0.753. The molecule has 104 valence electrons. The molecule has 3 nitrogen and oxygen atoms in total. The van der Waals surface area contributed by atoms with Gasteiger partial charge in [-0.15, -0.1) is 0 Å². The van der Waals surface area contributed by atoms with Crippen LogP contribution in [0.15, 0.2) is 48.5 Å². The lowest BCUT2D eigenvalue weighted by Crippen LogP contribution is -2.30. The van der Waals surface area contributed by atoms with Crippen LogP contribution >= 0.6 is 34.2 Å². The molecule has 1 atom stereocenters. The number of amides is 1. The van der Waals surface area contributed by atoms with Gasteiger partial charge in [0.15, 0.2) is 6.10 Å². The second kappa shape index (κ2) is 6.95. The molecule has 2 aromatic rings. The van der Waals surface area contributed by atoms with Crippen molar-refractivity contribution in [1.29, 1.82) is 0 Å². The number of rotatable bonds is 4. The molecule has 20 heavy (non-hydrogen) atoms. The monoisotopic (exact) mass is 401 g/mol. The number of halogens is 2. The number of anilines is 1. The molecule has 0 aliphatic carbocycles. The first-order valence-electron chi connectivity index (χ1n) is 6.03. The predicted octanol–water partition coefficient (Wildman–Crippen LogP) is 4.35. The third-order valence-electron chi connectivity index (χ3n) is 2.57. The van der Waals surface area contributed by atoms with Gasteiger partial charge in [-0.3, -0.25) is 4.79 Å². The molecule has 0 heterocycles. The molecule has 1 unspecified atom stereocenters. The molecular weight excluding hydrogens is 389 g/mol. The van der Waals surface area contributed by atoms with E-state index >= 15 is 0 Å². The summed E-state index contributed by atoms with van der Waals surface area (Å²) in [5, 5.41) is 3.39. The SMILES string of the molecule is CC(Oc1cccc(Cl)c1)C(=O)Nc1cccc(I)c1. The van der Waals surface area contributed by atoms with Crippen LogP contribution in [0.25, 0.3) is 0 Å². The fourth-order valence-corrected chi connectivity index (χ4v) is 2.33. The Bertz CT molecular complexity index is 618. The molecule has 2 rings (SSSR count). The summed E-state index contributed by atoms with van der Waals surface area (Å²) >= 11 is 8.07. The molecule has 0 bridgehead atoms. The maximum Gasteiger partial charge on any atom is 0.265 e. The van der Waals surface area contributed by atoms with Crippen LogP contribution < -0.4 is 10.1 Å². The Morgan fingerprint density at radius 2 is 2.00 bits per heavy atom. The number of benzene rings is 2. The molecule has 5 heteroatoms. The normalized spacial score (nSPS) is 11.8. The van der Waals surface area contributed by atoms with Crippen molar-refractivity contribution in [2.45, 2.75) is 13.0 Å². The van der Waals surface area contributed by atoms with Crippen LogP contribution in [0.4, 0.5) is 5.69 Å². The Balaban J connectivity index is 1.98. The van der Waals surface area contributed by atoms with Gasteiger partial charge in [0.25, 0.3) is 5.91 Å². The van der Waals surface area contributed by atoms with Crippen molar-refractivity contribution in [3.63, 3.8) is 0 Å². The minimum absolute atomic E-state index is 0.202. The Kier molecular flexibility index (Phi) is 5.25. The Hall–Kier alpha value is -1.27. The van der Waals surface area contributed by atoms with E-state index in [0.717, 1.165) is 9.26 Å². The van der Waals surface area contributed by atoms with Crippen molar-refractivity contribution < 1.29 is 9.53 Å². The second-order valence-electron chi connectivity index (χ2n) is 4.22. The van der Waals surface area contributed by atoms with Gasteiger partial charge in [-0.1, -0.05) is 23.7 Å². The highest BCUT2D eigenvalue weighted by Crippen LogP contribution is 2.19. The highest BCUT2D eigenvalue weighted by Gasteiger charge is 2.15. The van der Waals surface area contributed by atoms with Crippen LogP contribution in [0, 0.1) is 3.57 Å². The van der Waals surface area contributed by atoms with E-state index in [9.17, 15) is 4.79 Å². The van der Waals surface area contributed by atoms with Crippen molar-refractivity contribution in [2.75, 3.05) is 5.32 Å². The Labute approximate surface area is 136 Å². The van der Waals surface area contributed by atoms with E-state index in [-0.39, 0.29) is 5.91 Å². The van der Waals surface area contributed by atoms with Gasteiger partial charge in [-0.2, -0.15) is 0 Å². The molecule has 2 aromatic carbocycles. The van der Waals surface area contributed by atoms with E-state index in [1.165, 1.54) is 0 Å². The van der Waals surface area contributed by atoms with E-state index in [0.29, 0.717) is 10.8 Å². The summed E-state index contributed by atoms with van der Waals surface area (Å²) in [7, 11) is 0. The largest absolute Gasteiger partial charge is 0.481 e. The number of carbonyl (C=O) groups excluding carboxylic acids is 1. The average Bonchev–Trinajstić information content (AvgIpc) is 2.38. The molecule has 0 radical (unpaired) electrons. The first-order valence-corrected chi connectivity index (χ1v) is 7.49. The summed E-state index contributed by atoms with van der Waals surface area (Å²) in [6.07, 6.45) is -0.605. The minimum atomic E-state index is -0.605. The van der Waals surface area contributed by atoms with E-state index in [1.807, 2.05) is 24.3 Å². The minimum Gasteiger partial charge on any atom is -0.481 e. The molecular formula is C15H13ClINO2. The fourth-order valence-electron chi connectivity index (χ4n) is 1.61. The summed E-state index contributed by atoms with van der Waals surface area (Å²) in [4.78, 5) is 12.0. The molecule has 0 spiro atoms. The average molecular weight is 402 g/mol. The predicted molar refractivity (Wildman–Crippen MR) is 89.3 cm³/mol. The zero-order valence-corrected chi connectivity index (χ0v) is 13.7. The number of hydrogen-bond acceptors (Lipinski definition) is 2. The molecule has 0 aromatic heterocycles. The molecule has 0 fully saturated rings. The van der Waals surface area contributed by atoms with Gasteiger partial charge in [0, 0.05) is 14.3 Å². The number of carbonyl (C=O) groups is 1. The summed E-state index contributed by atoms with van der Waals surface area (Å²) in [6, 6.07) is 14.6. The molecule has 0 saturated carbocycles. The smallest absolute Gasteiger partial charge is 0.265 e. The van der Waals surface area contributed by atoms with Gasteiger partial charge in [0.05, 0.1) is 0 Å². The van der Waals surface area contributed by atoms with Gasteiger partial charge in [0.2, 0.25) is 0 Å². The van der Waals surface area contributed by atoms with E-state index in [2.05, 4.69) is 27.9 Å². The first-order chi connectivity index (χ1) is 9.54. The highest BCUT2D eigenvalue weighted by molar-refractivity contribution is 14.1. The van der Waals surface area contributed by atoms with Gasteiger partial charge in [-0.25, -0.2) is 0 Å². The van der Waals surface area contributed by atoms with Crippen LogP contribution in [0.1, 0.15) is 6.92 Å². The lowest BCUT2D eigenvalue weighted by atomic mass is 10.3. The van der Waals surface area contributed by atoms with Crippen LogP contribution in [-0.4, -0.2) is 12.0 Å². The summed E-state index contributed by atoms with van der Waals surface area (Å²) < 4.78 is 6.62. The van der Waals surface area contributed by atoms with E-state index in [1.54, 1.807) is 31.2 Å². The molecule has 0 saturated heterocycles. The Morgan fingerprint density at radius 3 is 2.70 bits per heavy atom. The maximum absolute atomic E-state index is 12.0. The van der Waals surface area contributed by atoms with Crippen LogP contribution in [0.3, 0.4) is 0 Å². The topological polar surface area (TPSA) is 38.3 Å². The van der Waals surface area contributed by atoms with Gasteiger partial charge >= 0.3 is 0 Å². The zero-order valence-electron chi connectivity index (χ0n) is 10.8. The van der Waals surface area contributed by atoms with Crippen molar-refractivity contribution >= 4 is 45.8 Å². The highest BCUT2D eigenvalue weighted by atomic mass is 127. The van der Waals surface area contributed by atoms with Crippen molar-refractivity contribution in [1.82, 2.24) is 0 Å². The number of nitrogens with one attached hydrogen (secondary N) is 1. The molecule has 1 amide bonds. The maximum atomic E-state index is 12.0. The van der Waals surface area contributed by atoms with Gasteiger partial charge in [0.1, 0.15) is 5.75 Å². The third kappa shape index (κ3) is 4.38. The van der Waals surface area contributed by atoms with E-state index < -0.39 is 6.10 Å². The van der Waals surface area contributed by atoms with Crippen molar-refractivity contribution in [3.05, 3.63) is 57.1 Å². The number of ether oxygens (including phenoxy) is 1. The molecule has 0 aliphatic heterocycles. The quantitative estimate of drug-likeness (QED) is 0.774. The first kappa shape index (κ1) is 15.1. The second-order valence-corrected chi connectivity index (χ2v) is 5.90. The molecule has 1 N–H and O–H groups in total. The van der Waals surface area contributed by atoms with Gasteiger partial charge in [-0.05, 0) is 65.9 Å². The van der Waals surface area contributed by atoms with E-state index in [4.69, 9.17) is 16.3 Å². The third-order valence-corrected chi connectivity index (χ3v) is 3.48. The summed E-state index contributed by atoms with van der Waals surface area (Å²) in [5.74, 6) is 0.370. The van der Waals surface area contributed by atoms with Crippen molar-refractivity contribution in [3.8, 4) is 5.75 Å². The number of hydrogen-bond donors (Lipinski definition) is 1. The lowest BCUT2D eigenvalue weighted by molar-refractivity contribution is -0.122. The molecule has 0 aliphatic rings. The standard InChI is InChI=1S/C15H13ClINO2/c1-10(20-14-7-2-4-11(16)8-14)15(19)18-13-6-3-5-12(17)9-13/h2-10H,1H3,(H,18,19). The Morgan fingerprint density at radius 1 is 1.25 bits per heavy atom. The summed E-state index contributed by atoms with van der Waals surface area (Å²) in [6.45, 7) is 1.70.